The number of anilines is 3. The minimum atomic E-state index is -0.308. The molecule has 2 fully saturated rings. The fraction of sp³-hybridized carbons (Fsp3) is 0.409. The Morgan fingerprint density at radius 3 is 2.73 bits per heavy atom. The van der Waals surface area contributed by atoms with Gasteiger partial charge in [-0.05, 0) is 25.1 Å². The maximum absolute atomic E-state index is 14.2. The monoisotopic (exact) mass is 408 g/mol. The van der Waals surface area contributed by atoms with Gasteiger partial charge in [0.25, 0.3) is 0 Å². The van der Waals surface area contributed by atoms with Crippen LogP contribution in [-0.4, -0.2) is 41.3 Å². The van der Waals surface area contributed by atoms with Crippen LogP contribution >= 0.6 is 0 Å². The van der Waals surface area contributed by atoms with Crippen LogP contribution < -0.4 is 15.5 Å². The van der Waals surface area contributed by atoms with Crippen LogP contribution in [0.15, 0.2) is 35.2 Å². The van der Waals surface area contributed by atoms with Crippen molar-refractivity contribution in [2.45, 2.75) is 26.7 Å². The van der Waals surface area contributed by atoms with Gasteiger partial charge in [0.05, 0.1) is 11.9 Å². The van der Waals surface area contributed by atoms with Gasteiger partial charge in [-0.3, -0.25) is 0 Å². The third-order valence-corrected chi connectivity index (χ3v) is 5.98. The number of nitrogens with zero attached hydrogens (tertiary/aromatic N) is 4. The number of benzene rings is 1. The Morgan fingerprint density at radius 1 is 1.23 bits per heavy atom. The molecule has 0 atom stereocenters. The highest BCUT2D eigenvalue weighted by molar-refractivity contribution is 5.85. The van der Waals surface area contributed by atoms with Gasteiger partial charge in [-0.2, -0.15) is 0 Å². The summed E-state index contributed by atoms with van der Waals surface area (Å²) in [4.78, 5) is 11.0. The molecule has 0 unspecified atom stereocenters. The Kier molecular flexibility index (Phi) is 4.47. The van der Waals surface area contributed by atoms with Gasteiger partial charge in [0.1, 0.15) is 23.6 Å². The number of rotatable bonds is 5. The molecule has 0 saturated carbocycles. The predicted octanol–water partition coefficient (Wildman–Crippen LogP) is 3.86. The van der Waals surface area contributed by atoms with E-state index in [-0.39, 0.29) is 11.7 Å². The zero-order valence-corrected chi connectivity index (χ0v) is 17.4. The van der Waals surface area contributed by atoms with Crippen molar-refractivity contribution < 1.29 is 8.91 Å². The molecular formula is C22H25FN6O. The van der Waals surface area contributed by atoms with E-state index in [1.165, 1.54) is 12.1 Å². The number of aryl methyl sites for hydroxylation is 1. The van der Waals surface area contributed by atoms with Gasteiger partial charge in [-0.25, -0.2) is 14.4 Å². The molecule has 0 radical (unpaired) electrons. The molecule has 2 aliphatic rings. The van der Waals surface area contributed by atoms with E-state index in [0.717, 1.165) is 66.0 Å². The maximum Gasteiger partial charge on any atom is 0.155 e. The smallest absolute Gasteiger partial charge is 0.155 e. The number of halogens is 1. The van der Waals surface area contributed by atoms with E-state index < -0.39 is 0 Å². The summed E-state index contributed by atoms with van der Waals surface area (Å²) in [5, 5.41) is 10.9. The molecule has 0 amide bonds. The lowest BCUT2D eigenvalue weighted by Crippen LogP contribution is -2.71. The van der Waals surface area contributed by atoms with Gasteiger partial charge < -0.3 is 20.1 Å². The molecule has 156 valence electrons. The lowest BCUT2D eigenvalue weighted by atomic mass is 9.74. The van der Waals surface area contributed by atoms with Crippen LogP contribution in [0.2, 0.25) is 0 Å². The summed E-state index contributed by atoms with van der Waals surface area (Å²) >= 11 is 0. The molecule has 0 aliphatic carbocycles. The molecule has 0 bridgehead atoms. The van der Waals surface area contributed by atoms with Gasteiger partial charge in [0.2, 0.25) is 0 Å². The minimum Gasteiger partial charge on any atom is -0.360 e. The first-order chi connectivity index (χ1) is 14.5. The van der Waals surface area contributed by atoms with E-state index in [1.807, 2.05) is 20.8 Å². The van der Waals surface area contributed by atoms with Crippen molar-refractivity contribution in [3.63, 3.8) is 0 Å². The molecule has 2 N–H and O–H groups in total. The summed E-state index contributed by atoms with van der Waals surface area (Å²) in [6.45, 7) is 10.0. The molecule has 1 aromatic carbocycles. The van der Waals surface area contributed by atoms with Crippen LogP contribution in [0.3, 0.4) is 0 Å². The Labute approximate surface area is 174 Å². The van der Waals surface area contributed by atoms with E-state index in [0.29, 0.717) is 5.41 Å². The molecule has 1 spiro atoms. The second kappa shape index (κ2) is 7.05. The van der Waals surface area contributed by atoms with E-state index in [1.54, 1.807) is 18.6 Å². The van der Waals surface area contributed by atoms with Crippen LogP contribution in [0.5, 0.6) is 0 Å². The van der Waals surface area contributed by atoms with Gasteiger partial charge in [-0.15, -0.1) is 0 Å². The molecule has 30 heavy (non-hydrogen) atoms. The summed E-state index contributed by atoms with van der Waals surface area (Å²) in [6, 6.07) is 4.72. The van der Waals surface area contributed by atoms with Crippen LogP contribution in [0.4, 0.5) is 21.6 Å². The van der Waals surface area contributed by atoms with E-state index in [2.05, 4.69) is 30.7 Å². The van der Waals surface area contributed by atoms with Gasteiger partial charge in [-0.1, -0.05) is 19.0 Å². The first-order valence-electron chi connectivity index (χ1n) is 10.2. The van der Waals surface area contributed by atoms with Crippen molar-refractivity contribution in [1.82, 2.24) is 20.4 Å². The number of aromatic nitrogens is 3. The fourth-order valence-electron chi connectivity index (χ4n) is 4.37. The third-order valence-electron chi connectivity index (χ3n) is 5.98. The van der Waals surface area contributed by atoms with Crippen LogP contribution in [0.1, 0.15) is 31.2 Å². The summed E-state index contributed by atoms with van der Waals surface area (Å²) in [6.07, 6.45) is 3.33. The minimum absolute atomic E-state index is 0.126. The third kappa shape index (κ3) is 3.11. The van der Waals surface area contributed by atoms with Gasteiger partial charge in [0.15, 0.2) is 5.82 Å². The fourth-order valence-corrected chi connectivity index (χ4v) is 4.37. The Balaban J connectivity index is 1.51. The highest BCUT2D eigenvalue weighted by Gasteiger charge is 2.48. The van der Waals surface area contributed by atoms with Crippen LogP contribution in [0, 0.1) is 18.2 Å². The van der Waals surface area contributed by atoms with Crippen LogP contribution in [0.25, 0.3) is 11.1 Å². The molecule has 2 saturated heterocycles. The van der Waals surface area contributed by atoms with Crippen molar-refractivity contribution in [3.8, 4) is 11.1 Å². The van der Waals surface area contributed by atoms with Crippen molar-refractivity contribution >= 4 is 17.2 Å². The quantitative estimate of drug-likeness (QED) is 0.664. The number of hydrogen-bond acceptors (Lipinski definition) is 7. The summed E-state index contributed by atoms with van der Waals surface area (Å²) in [5.41, 5.74) is 4.23. The average molecular weight is 408 g/mol. The summed E-state index contributed by atoms with van der Waals surface area (Å²) in [5.74, 6) is 1.43. The van der Waals surface area contributed by atoms with Crippen LogP contribution in [-0.2, 0) is 0 Å². The lowest BCUT2D eigenvalue weighted by Gasteiger charge is -2.56. The zero-order valence-electron chi connectivity index (χ0n) is 17.4. The Morgan fingerprint density at radius 2 is 2.03 bits per heavy atom. The highest BCUT2D eigenvalue weighted by Crippen LogP contribution is 2.42. The first kappa shape index (κ1) is 19.0. The second-order valence-corrected chi connectivity index (χ2v) is 8.70. The molecule has 3 aromatic rings. The predicted molar refractivity (Wildman–Crippen MR) is 114 cm³/mol. The standard InChI is InChI=1S/C22H25FN6O/c1-13(2)20-19(14(3)28-30-20)16-6-15(23)4-5-17(16)27-18-7-24-12-26-21(18)29-10-22(11-29)8-25-9-22/h4-7,12-13,25,27H,8-11H2,1-3H3. The number of hydrogen-bond donors (Lipinski definition) is 2. The molecule has 7 nitrogen and oxygen atoms in total. The van der Waals surface area contributed by atoms with Crippen molar-refractivity contribution in [2.75, 3.05) is 36.4 Å². The van der Waals surface area contributed by atoms with Crippen molar-refractivity contribution in [1.29, 1.82) is 0 Å². The molecule has 5 rings (SSSR count). The second-order valence-electron chi connectivity index (χ2n) is 8.70. The maximum atomic E-state index is 14.2. The topological polar surface area (TPSA) is 79.1 Å². The molecule has 8 heteroatoms. The molecular weight excluding hydrogens is 383 g/mol. The SMILES string of the molecule is Cc1noc(C(C)C)c1-c1cc(F)ccc1Nc1cncnc1N1CC2(CNC2)C1. The largest absolute Gasteiger partial charge is 0.360 e. The summed E-state index contributed by atoms with van der Waals surface area (Å²) < 4.78 is 19.8. The van der Waals surface area contributed by atoms with Crippen molar-refractivity contribution in [3.05, 3.63) is 48.0 Å². The normalized spacial score (nSPS) is 17.2. The zero-order chi connectivity index (χ0) is 20.9. The van der Waals surface area contributed by atoms with Gasteiger partial charge >= 0.3 is 0 Å². The van der Waals surface area contributed by atoms with E-state index in [4.69, 9.17) is 4.52 Å². The Hall–Kier alpha value is -3.00. The average Bonchev–Trinajstić information content (AvgIpc) is 3.04. The Bertz CT molecular complexity index is 1080. The lowest BCUT2D eigenvalue weighted by molar-refractivity contribution is 0.120. The highest BCUT2D eigenvalue weighted by atomic mass is 19.1. The number of nitrogens with one attached hydrogen (secondary N) is 2. The molecule has 4 heterocycles. The van der Waals surface area contributed by atoms with E-state index >= 15 is 0 Å². The van der Waals surface area contributed by atoms with Crippen molar-refractivity contribution in [2.24, 2.45) is 5.41 Å². The van der Waals surface area contributed by atoms with E-state index in [9.17, 15) is 4.39 Å². The first-order valence-corrected chi connectivity index (χ1v) is 10.2. The summed E-state index contributed by atoms with van der Waals surface area (Å²) in [7, 11) is 0. The van der Waals surface area contributed by atoms with Gasteiger partial charge in [0, 0.05) is 54.3 Å². The molecule has 2 aliphatic heterocycles. The molecule has 2 aromatic heterocycles.